The lowest BCUT2D eigenvalue weighted by atomic mass is 9.87. The maximum absolute atomic E-state index is 14.2. The van der Waals surface area contributed by atoms with Crippen LogP contribution in [0.3, 0.4) is 0 Å². The first kappa shape index (κ1) is 28.9. The molecule has 0 radical (unpaired) electrons. The standard InChI is InChI=1S/C34H35N3O5S/c38-30-15-8-14-26-27(30)17-18-31(42-32(21-37-20-19-35-23-37)24-9-2-1-3-10-24)29(26)22-43(40,41)33-16-7-6-13-28(33)34(39)36-25-11-4-5-12-25/h1-3,6-7,9-10,13,16-20,23,25,32H,4-5,8,11-12,14-15,21-22H2,(H,36,39). The van der Waals surface area contributed by atoms with Crippen LogP contribution in [0.15, 0.2) is 90.3 Å². The Morgan fingerprint density at radius 2 is 1.74 bits per heavy atom. The molecule has 0 saturated heterocycles. The fraction of sp³-hybridized carbons (Fsp3) is 0.324. The number of aromatic nitrogens is 2. The van der Waals surface area contributed by atoms with Crippen molar-refractivity contribution in [3.63, 3.8) is 0 Å². The molecule has 1 atom stereocenters. The Labute approximate surface area is 252 Å². The van der Waals surface area contributed by atoms with E-state index in [1.807, 2.05) is 41.1 Å². The van der Waals surface area contributed by atoms with Crippen molar-refractivity contribution in [2.75, 3.05) is 0 Å². The lowest BCUT2D eigenvalue weighted by molar-refractivity contribution is 0.0933. The van der Waals surface area contributed by atoms with Gasteiger partial charge in [-0.25, -0.2) is 13.4 Å². The van der Waals surface area contributed by atoms with Crippen LogP contribution in [0.5, 0.6) is 5.75 Å². The first-order valence-electron chi connectivity index (χ1n) is 14.9. The zero-order valence-corrected chi connectivity index (χ0v) is 24.8. The summed E-state index contributed by atoms with van der Waals surface area (Å²) < 4.78 is 36.9. The molecule has 4 aromatic rings. The highest BCUT2D eigenvalue weighted by Crippen LogP contribution is 2.37. The zero-order chi connectivity index (χ0) is 29.8. The Kier molecular flexibility index (Phi) is 8.42. The van der Waals surface area contributed by atoms with Gasteiger partial charge >= 0.3 is 0 Å². The second kappa shape index (κ2) is 12.6. The van der Waals surface area contributed by atoms with Gasteiger partial charge in [0.1, 0.15) is 11.9 Å². The van der Waals surface area contributed by atoms with E-state index in [2.05, 4.69) is 10.3 Å². The Morgan fingerprint density at radius 3 is 2.51 bits per heavy atom. The fourth-order valence-corrected chi connectivity index (χ4v) is 7.83. The first-order chi connectivity index (χ1) is 20.9. The van der Waals surface area contributed by atoms with Gasteiger partial charge in [0.05, 0.1) is 29.1 Å². The normalized spacial score (nSPS) is 16.0. The number of carbonyl (C=O) groups is 2. The number of benzene rings is 3. The summed E-state index contributed by atoms with van der Waals surface area (Å²) in [5.74, 6) is -0.351. The fourth-order valence-electron chi connectivity index (χ4n) is 6.19. The molecule has 0 bridgehead atoms. The zero-order valence-electron chi connectivity index (χ0n) is 23.9. The van der Waals surface area contributed by atoms with E-state index in [1.54, 1.807) is 42.9 Å². The van der Waals surface area contributed by atoms with Crippen molar-refractivity contribution in [3.8, 4) is 5.75 Å². The summed E-state index contributed by atoms with van der Waals surface area (Å²) in [4.78, 5) is 30.3. The number of ether oxygens (including phenoxy) is 1. The lowest BCUT2D eigenvalue weighted by Crippen LogP contribution is -2.33. The number of ketones is 1. The van der Waals surface area contributed by atoms with Crippen molar-refractivity contribution in [3.05, 3.63) is 113 Å². The molecule has 1 N–H and O–H groups in total. The van der Waals surface area contributed by atoms with Crippen molar-refractivity contribution < 1.29 is 22.7 Å². The van der Waals surface area contributed by atoms with E-state index in [9.17, 15) is 18.0 Å². The van der Waals surface area contributed by atoms with E-state index >= 15 is 0 Å². The highest BCUT2D eigenvalue weighted by Gasteiger charge is 2.30. The van der Waals surface area contributed by atoms with E-state index in [1.165, 1.54) is 6.07 Å². The van der Waals surface area contributed by atoms with Crippen LogP contribution in [0.4, 0.5) is 0 Å². The monoisotopic (exact) mass is 597 g/mol. The molecule has 1 saturated carbocycles. The topological polar surface area (TPSA) is 107 Å². The minimum absolute atomic E-state index is 0.000754. The number of nitrogens with zero attached hydrogens (tertiary/aromatic N) is 2. The van der Waals surface area contributed by atoms with Crippen LogP contribution in [0.25, 0.3) is 0 Å². The number of hydrogen-bond donors (Lipinski definition) is 1. The number of rotatable bonds is 10. The third-order valence-electron chi connectivity index (χ3n) is 8.39. The molecule has 0 aliphatic heterocycles. The van der Waals surface area contributed by atoms with Crippen molar-refractivity contribution in [1.29, 1.82) is 0 Å². The number of nitrogens with one attached hydrogen (secondary N) is 1. The Bertz CT molecular complexity index is 1710. The molecule has 222 valence electrons. The highest BCUT2D eigenvalue weighted by molar-refractivity contribution is 7.90. The number of Topliss-reactive ketones (excluding diaryl/α,β-unsaturated/α-hetero) is 1. The van der Waals surface area contributed by atoms with Gasteiger partial charge in [-0.2, -0.15) is 0 Å². The van der Waals surface area contributed by atoms with E-state index in [4.69, 9.17) is 4.74 Å². The van der Waals surface area contributed by atoms with Crippen molar-refractivity contribution in [1.82, 2.24) is 14.9 Å². The van der Waals surface area contributed by atoms with Gasteiger partial charge < -0.3 is 14.6 Å². The van der Waals surface area contributed by atoms with Gasteiger partial charge in [0.15, 0.2) is 15.6 Å². The third-order valence-corrected chi connectivity index (χ3v) is 10.1. The molecule has 9 heteroatoms. The molecule has 6 rings (SSSR count). The van der Waals surface area contributed by atoms with Crippen molar-refractivity contribution >= 4 is 21.5 Å². The van der Waals surface area contributed by atoms with Crippen molar-refractivity contribution in [2.45, 2.75) is 74.3 Å². The molecule has 0 spiro atoms. The smallest absolute Gasteiger partial charge is 0.252 e. The van der Waals surface area contributed by atoms with Gasteiger partial charge in [0.25, 0.3) is 5.91 Å². The van der Waals surface area contributed by atoms with E-state index in [0.29, 0.717) is 48.2 Å². The Hall–Kier alpha value is -4.24. The van der Waals surface area contributed by atoms with Crippen LogP contribution in [0, 0.1) is 0 Å². The summed E-state index contributed by atoms with van der Waals surface area (Å²) in [5.41, 5.74) is 2.79. The molecule has 43 heavy (non-hydrogen) atoms. The molecule has 1 unspecified atom stereocenters. The Morgan fingerprint density at radius 1 is 0.977 bits per heavy atom. The molecule has 3 aromatic carbocycles. The number of amides is 1. The molecular formula is C34H35N3O5S. The van der Waals surface area contributed by atoms with Gasteiger partial charge in [0, 0.05) is 36.0 Å². The predicted molar refractivity (Wildman–Crippen MR) is 163 cm³/mol. The van der Waals surface area contributed by atoms with E-state index < -0.39 is 15.9 Å². The summed E-state index contributed by atoms with van der Waals surface area (Å²) in [6.45, 7) is 0.455. The van der Waals surface area contributed by atoms with Gasteiger partial charge in [0.2, 0.25) is 0 Å². The summed E-state index contributed by atoms with van der Waals surface area (Å²) in [6.07, 6.45) is 10.4. The molecule has 1 heterocycles. The summed E-state index contributed by atoms with van der Waals surface area (Å²) >= 11 is 0. The molecule has 8 nitrogen and oxygen atoms in total. The molecule has 1 aromatic heterocycles. The molecule has 2 aliphatic rings. The molecule has 1 fully saturated rings. The van der Waals surface area contributed by atoms with Crippen LogP contribution in [0.2, 0.25) is 0 Å². The number of hydrogen-bond acceptors (Lipinski definition) is 6. The molecule has 2 aliphatic carbocycles. The first-order valence-corrected chi connectivity index (χ1v) is 16.5. The maximum Gasteiger partial charge on any atom is 0.252 e. The van der Waals surface area contributed by atoms with Gasteiger partial charge in [-0.3, -0.25) is 9.59 Å². The summed E-state index contributed by atoms with van der Waals surface area (Å²) in [7, 11) is -4.01. The largest absolute Gasteiger partial charge is 0.484 e. The minimum Gasteiger partial charge on any atom is -0.484 e. The van der Waals surface area contributed by atoms with Gasteiger partial charge in [-0.1, -0.05) is 55.3 Å². The van der Waals surface area contributed by atoms with Gasteiger partial charge in [-0.15, -0.1) is 0 Å². The predicted octanol–water partition coefficient (Wildman–Crippen LogP) is 5.87. The quantitative estimate of drug-likeness (QED) is 0.245. The number of carbonyl (C=O) groups excluding carboxylic acids is 2. The number of sulfone groups is 1. The van der Waals surface area contributed by atoms with E-state index in [0.717, 1.165) is 31.2 Å². The van der Waals surface area contributed by atoms with Crippen LogP contribution < -0.4 is 10.1 Å². The number of fused-ring (bicyclic) bond motifs is 1. The van der Waals surface area contributed by atoms with Gasteiger partial charge in [-0.05, 0) is 61.1 Å². The lowest BCUT2D eigenvalue weighted by Gasteiger charge is -2.26. The Balaban J connectivity index is 1.38. The average Bonchev–Trinajstić information content (AvgIpc) is 3.73. The average molecular weight is 598 g/mol. The molecule has 1 amide bonds. The summed E-state index contributed by atoms with van der Waals surface area (Å²) in [5, 5.41) is 3.02. The van der Waals surface area contributed by atoms with Crippen molar-refractivity contribution in [2.24, 2.45) is 0 Å². The SMILES string of the molecule is O=C(NC1CCCC1)c1ccccc1S(=O)(=O)Cc1c(OC(Cn2ccnc2)c2ccccc2)ccc2c1CCCC2=O. The maximum atomic E-state index is 14.2. The van der Waals surface area contributed by atoms with Crippen LogP contribution >= 0.6 is 0 Å². The second-order valence-corrected chi connectivity index (χ2v) is 13.3. The number of imidazole rings is 1. The molecular weight excluding hydrogens is 562 g/mol. The van der Waals surface area contributed by atoms with Crippen LogP contribution in [-0.2, 0) is 28.6 Å². The summed E-state index contributed by atoms with van der Waals surface area (Å²) in [6, 6.07) is 19.6. The third kappa shape index (κ3) is 6.41. The van der Waals surface area contributed by atoms with E-state index in [-0.39, 0.29) is 33.9 Å². The minimum atomic E-state index is -4.01. The van der Waals surface area contributed by atoms with Crippen LogP contribution in [-0.4, -0.2) is 35.7 Å². The second-order valence-electron chi connectivity index (χ2n) is 11.3. The van der Waals surface area contributed by atoms with Crippen LogP contribution in [0.1, 0.15) is 82.0 Å². The highest BCUT2D eigenvalue weighted by atomic mass is 32.2.